The first-order valence-electron chi connectivity index (χ1n) is 4.94. The van der Waals surface area contributed by atoms with E-state index in [1.54, 1.807) is 0 Å². The summed E-state index contributed by atoms with van der Waals surface area (Å²) in [7, 11) is 0. The Bertz CT molecular complexity index is 273. The van der Waals surface area contributed by atoms with E-state index in [2.05, 4.69) is 0 Å². The van der Waals surface area contributed by atoms with Crippen molar-refractivity contribution in [3.8, 4) is 5.75 Å². The maximum Gasteiger partial charge on any atom is 0.119 e. The van der Waals surface area contributed by atoms with Gasteiger partial charge in [-0.2, -0.15) is 0 Å². The van der Waals surface area contributed by atoms with Crippen LogP contribution in [0, 0.1) is 6.92 Å². The van der Waals surface area contributed by atoms with Crippen LogP contribution < -0.4 is 4.74 Å². The summed E-state index contributed by atoms with van der Waals surface area (Å²) in [5.41, 5.74) is 0.768. The lowest BCUT2D eigenvalue weighted by molar-refractivity contribution is 0.0256. The standard InChI is InChI=1S/C12H14O2/c1-10-2-4-11(5-3-10)14-12-6-8-13-9-7-12/h1-5,12H,6-9H2. The minimum atomic E-state index is 0.298. The molecule has 1 aliphatic rings. The molecule has 1 aliphatic heterocycles. The van der Waals surface area contributed by atoms with Crippen LogP contribution in [-0.4, -0.2) is 19.3 Å². The molecule has 2 rings (SSSR count). The van der Waals surface area contributed by atoms with Gasteiger partial charge in [0.25, 0.3) is 0 Å². The fraction of sp³-hybridized carbons (Fsp3) is 0.417. The molecule has 2 nitrogen and oxygen atoms in total. The molecular formula is C12H14O2. The molecule has 2 radical (unpaired) electrons. The van der Waals surface area contributed by atoms with Crippen LogP contribution in [0.15, 0.2) is 24.3 Å². The van der Waals surface area contributed by atoms with Crippen LogP contribution in [0.4, 0.5) is 0 Å². The highest BCUT2D eigenvalue weighted by Crippen LogP contribution is 2.18. The van der Waals surface area contributed by atoms with Crippen molar-refractivity contribution in [3.63, 3.8) is 0 Å². The maximum absolute atomic E-state index is 5.77. The van der Waals surface area contributed by atoms with Crippen molar-refractivity contribution in [2.24, 2.45) is 0 Å². The topological polar surface area (TPSA) is 18.5 Å². The molecule has 0 unspecified atom stereocenters. The highest BCUT2D eigenvalue weighted by molar-refractivity contribution is 5.28. The molecule has 0 aromatic heterocycles. The van der Waals surface area contributed by atoms with Gasteiger partial charge in [0.05, 0.1) is 13.2 Å². The average Bonchev–Trinajstić information content (AvgIpc) is 2.23. The third-order valence-electron chi connectivity index (χ3n) is 2.35. The van der Waals surface area contributed by atoms with Crippen molar-refractivity contribution >= 4 is 0 Å². The van der Waals surface area contributed by atoms with E-state index in [0.717, 1.165) is 37.4 Å². The summed E-state index contributed by atoms with van der Waals surface area (Å²) in [6, 6.07) is 7.53. The van der Waals surface area contributed by atoms with Gasteiger partial charge >= 0.3 is 0 Å². The molecule has 14 heavy (non-hydrogen) atoms. The highest BCUT2D eigenvalue weighted by Gasteiger charge is 2.14. The van der Waals surface area contributed by atoms with E-state index >= 15 is 0 Å². The van der Waals surface area contributed by atoms with Crippen LogP contribution in [-0.2, 0) is 4.74 Å². The second-order valence-electron chi connectivity index (χ2n) is 3.50. The smallest absolute Gasteiger partial charge is 0.119 e. The molecule has 0 atom stereocenters. The zero-order valence-electron chi connectivity index (χ0n) is 8.11. The van der Waals surface area contributed by atoms with Crippen molar-refractivity contribution < 1.29 is 9.47 Å². The van der Waals surface area contributed by atoms with Gasteiger partial charge in [0.2, 0.25) is 0 Å². The molecule has 1 aromatic carbocycles. The first kappa shape index (κ1) is 9.53. The number of hydrogen-bond acceptors (Lipinski definition) is 2. The maximum atomic E-state index is 5.77. The van der Waals surface area contributed by atoms with Gasteiger partial charge in [-0.15, -0.1) is 0 Å². The van der Waals surface area contributed by atoms with Crippen molar-refractivity contribution in [1.82, 2.24) is 0 Å². The van der Waals surface area contributed by atoms with E-state index < -0.39 is 0 Å². The van der Waals surface area contributed by atoms with Crippen LogP contribution in [0.25, 0.3) is 0 Å². The molecule has 2 heteroatoms. The summed E-state index contributed by atoms with van der Waals surface area (Å²) in [4.78, 5) is 0. The molecule has 0 amide bonds. The summed E-state index contributed by atoms with van der Waals surface area (Å²) in [5.74, 6) is 0.895. The first-order chi connectivity index (χ1) is 6.84. The Morgan fingerprint density at radius 3 is 2.43 bits per heavy atom. The van der Waals surface area contributed by atoms with Gasteiger partial charge in [-0.05, 0) is 24.6 Å². The number of ether oxygens (including phenoxy) is 2. The Kier molecular flexibility index (Phi) is 3.04. The van der Waals surface area contributed by atoms with E-state index in [1.807, 2.05) is 24.3 Å². The molecule has 1 aromatic rings. The fourth-order valence-corrected chi connectivity index (χ4v) is 1.53. The SMILES string of the molecule is [CH]c1ccc(OC2CCOCC2)cc1. The molecule has 0 spiro atoms. The van der Waals surface area contributed by atoms with Gasteiger partial charge in [-0.3, -0.25) is 0 Å². The Morgan fingerprint density at radius 1 is 1.14 bits per heavy atom. The third kappa shape index (κ3) is 2.48. The molecule has 0 N–H and O–H groups in total. The number of benzene rings is 1. The second kappa shape index (κ2) is 4.47. The Morgan fingerprint density at radius 2 is 1.79 bits per heavy atom. The van der Waals surface area contributed by atoms with E-state index in [9.17, 15) is 0 Å². The van der Waals surface area contributed by atoms with Gasteiger partial charge in [0, 0.05) is 12.8 Å². The van der Waals surface area contributed by atoms with Crippen molar-refractivity contribution in [3.05, 3.63) is 36.8 Å². The molecule has 0 aliphatic carbocycles. The van der Waals surface area contributed by atoms with Gasteiger partial charge in [0.15, 0.2) is 0 Å². The predicted octanol–water partition coefficient (Wildman–Crippen LogP) is 2.30. The van der Waals surface area contributed by atoms with Gasteiger partial charge in [0.1, 0.15) is 11.9 Å². The van der Waals surface area contributed by atoms with Gasteiger partial charge in [-0.1, -0.05) is 12.1 Å². The first-order valence-corrected chi connectivity index (χ1v) is 4.94. The molecule has 1 heterocycles. The van der Waals surface area contributed by atoms with Crippen LogP contribution in [0.5, 0.6) is 5.75 Å². The van der Waals surface area contributed by atoms with E-state index in [0.29, 0.717) is 6.10 Å². The lowest BCUT2D eigenvalue weighted by atomic mass is 10.1. The largest absolute Gasteiger partial charge is 0.490 e. The zero-order chi connectivity index (χ0) is 9.80. The number of hydrogen-bond donors (Lipinski definition) is 0. The van der Waals surface area contributed by atoms with Gasteiger partial charge < -0.3 is 9.47 Å². The van der Waals surface area contributed by atoms with Crippen LogP contribution in [0.1, 0.15) is 18.4 Å². The summed E-state index contributed by atoms with van der Waals surface area (Å²) in [5, 5.41) is 0. The van der Waals surface area contributed by atoms with Gasteiger partial charge in [-0.25, -0.2) is 0 Å². The third-order valence-corrected chi connectivity index (χ3v) is 2.35. The molecule has 74 valence electrons. The van der Waals surface area contributed by atoms with Crippen molar-refractivity contribution in [2.75, 3.05) is 13.2 Å². The Labute approximate surface area is 84.8 Å². The van der Waals surface area contributed by atoms with Crippen LogP contribution in [0.3, 0.4) is 0 Å². The normalized spacial score (nSPS) is 18.1. The number of rotatable bonds is 2. The Balaban J connectivity index is 1.92. The zero-order valence-corrected chi connectivity index (χ0v) is 8.11. The monoisotopic (exact) mass is 190 g/mol. The minimum absolute atomic E-state index is 0.298. The quantitative estimate of drug-likeness (QED) is 0.712. The predicted molar refractivity (Wildman–Crippen MR) is 54.3 cm³/mol. The summed E-state index contributed by atoms with van der Waals surface area (Å²) >= 11 is 0. The second-order valence-corrected chi connectivity index (χ2v) is 3.50. The van der Waals surface area contributed by atoms with E-state index in [-0.39, 0.29) is 0 Å². The minimum Gasteiger partial charge on any atom is -0.490 e. The van der Waals surface area contributed by atoms with Crippen molar-refractivity contribution in [2.45, 2.75) is 18.9 Å². The molecule has 0 bridgehead atoms. The molecule has 1 fully saturated rings. The average molecular weight is 190 g/mol. The lowest BCUT2D eigenvalue weighted by Gasteiger charge is -2.23. The lowest BCUT2D eigenvalue weighted by Crippen LogP contribution is -2.25. The van der Waals surface area contributed by atoms with Crippen LogP contribution in [0.2, 0.25) is 0 Å². The summed E-state index contributed by atoms with van der Waals surface area (Å²) in [6.07, 6.45) is 2.25. The molecule has 1 saturated heterocycles. The Hall–Kier alpha value is -1.02. The molecule has 0 saturated carbocycles. The van der Waals surface area contributed by atoms with E-state index in [1.165, 1.54) is 0 Å². The summed E-state index contributed by atoms with van der Waals surface area (Å²) < 4.78 is 11.0. The fourth-order valence-electron chi connectivity index (χ4n) is 1.53. The summed E-state index contributed by atoms with van der Waals surface area (Å²) in [6.45, 7) is 7.19. The van der Waals surface area contributed by atoms with Crippen molar-refractivity contribution in [1.29, 1.82) is 0 Å². The highest BCUT2D eigenvalue weighted by atomic mass is 16.5. The molecular weight excluding hydrogens is 176 g/mol. The van der Waals surface area contributed by atoms with E-state index in [4.69, 9.17) is 16.4 Å². The van der Waals surface area contributed by atoms with Crippen LogP contribution >= 0.6 is 0 Å².